The summed E-state index contributed by atoms with van der Waals surface area (Å²) in [6.45, 7) is 1.73. The van der Waals surface area contributed by atoms with Gasteiger partial charge >= 0.3 is 12.0 Å². The number of hydrogen-bond donors (Lipinski definition) is 2. The number of likely N-dealkylation sites (N-methyl/N-ethyl adjacent to an activating group) is 2. The molecule has 6 nitrogen and oxygen atoms in total. The second-order valence-corrected chi connectivity index (χ2v) is 4.89. The molecule has 0 saturated carbocycles. The number of carbonyl (C=O) groups is 2. The van der Waals surface area contributed by atoms with Gasteiger partial charge in [-0.2, -0.15) is 0 Å². The van der Waals surface area contributed by atoms with E-state index in [-0.39, 0.29) is 11.6 Å². The standard InChI is InChI=1S/C14H21N3O3/c1-16(2)7-8-17(3)14(20)15-10-11-5-4-6-12(9-11)13(18)19/h4-6,9H,7-8,10H2,1-3H3,(H,15,20)(H,18,19). The molecule has 2 amide bonds. The van der Waals surface area contributed by atoms with Gasteiger partial charge in [0.05, 0.1) is 5.56 Å². The molecule has 1 aromatic rings. The zero-order valence-corrected chi connectivity index (χ0v) is 12.1. The summed E-state index contributed by atoms with van der Waals surface area (Å²) in [6, 6.07) is 6.36. The third kappa shape index (κ3) is 5.27. The smallest absolute Gasteiger partial charge is 0.335 e. The van der Waals surface area contributed by atoms with E-state index in [0.29, 0.717) is 13.1 Å². The first kappa shape index (κ1) is 16.0. The summed E-state index contributed by atoms with van der Waals surface area (Å²) in [4.78, 5) is 26.3. The van der Waals surface area contributed by atoms with E-state index in [1.165, 1.54) is 6.07 Å². The van der Waals surface area contributed by atoms with Gasteiger partial charge in [-0.25, -0.2) is 9.59 Å². The molecule has 0 saturated heterocycles. The average Bonchev–Trinajstić information content (AvgIpc) is 2.42. The predicted octanol–water partition coefficient (Wildman–Crippen LogP) is 1.09. The molecule has 110 valence electrons. The van der Waals surface area contributed by atoms with Crippen molar-refractivity contribution in [1.82, 2.24) is 15.1 Å². The highest BCUT2D eigenvalue weighted by atomic mass is 16.4. The molecule has 0 unspecified atom stereocenters. The number of carbonyl (C=O) groups excluding carboxylic acids is 1. The Kier molecular flexibility index (Phi) is 5.99. The van der Waals surface area contributed by atoms with Gasteiger partial charge < -0.3 is 20.2 Å². The topological polar surface area (TPSA) is 72.9 Å². The average molecular weight is 279 g/mol. The molecular weight excluding hydrogens is 258 g/mol. The lowest BCUT2D eigenvalue weighted by Crippen LogP contribution is -2.40. The van der Waals surface area contributed by atoms with Crippen LogP contribution in [0.1, 0.15) is 15.9 Å². The summed E-state index contributed by atoms with van der Waals surface area (Å²) < 4.78 is 0. The molecule has 0 aliphatic heterocycles. The van der Waals surface area contributed by atoms with E-state index in [1.54, 1.807) is 30.1 Å². The van der Waals surface area contributed by atoms with Crippen LogP contribution in [0.3, 0.4) is 0 Å². The van der Waals surface area contributed by atoms with Crippen LogP contribution in [0.4, 0.5) is 4.79 Å². The van der Waals surface area contributed by atoms with E-state index in [1.807, 2.05) is 19.0 Å². The van der Waals surface area contributed by atoms with Crippen LogP contribution < -0.4 is 5.32 Å². The Balaban J connectivity index is 2.48. The monoisotopic (exact) mass is 279 g/mol. The molecule has 0 fully saturated rings. The number of hydrogen-bond acceptors (Lipinski definition) is 3. The van der Waals surface area contributed by atoms with Gasteiger partial charge in [0.15, 0.2) is 0 Å². The fraction of sp³-hybridized carbons (Fsp3) is 0.429. The lowest BCUT2D eigenvalue weighted by Gasteiger charge is -2.20. The molecule has 0 aliphatic rings. The first-order valence-electron chi connectivity index (χ1n) is 6.36. The van der Waals surface area contributed by atoms with Crippen molar-refractivity contribution in [2.45, 2.75) is 6.54 Å². The Bertz CT molecular complexity index is 474. The highest BCUT2D eigenvalue weighted by Gasteiger charge is 2.09. The van der Waals surface area contributed by atoms with E-state index in [2.05, 4.69) is 5.32 Å². The lowest BCUT2D eigenvalue weighted by molar-refractivity contribution is 0.0696. The highest BCUT2D eigenvalue weighted by molar-refractivity contribution is 5.87. The number of aromatic carboxylic acids is 1. The van der Waals surface area contributed by atoms with Crippen LogP contribution in [0.5, 0.6) is 0 Å². The maximum absolute atomic E-state index is 11.8. The quantitative estimate of drug-likeness (QED) is 0.817. The van der Waals surface area contributed by atoms with Crippen molar-refractivity contribution >= 4 is 12.0 Å². The molecule has 1 aromatic carbocycles. The second-order valence-electron chi connectivity index (χ2n) is 4.89. The fourth-order valence-electron chi connectivity index (χ4n) is 1.58. The third-order valence-electron chi connectivity index (χ3n) is 2.85. The van der Waals surface area contributed by atoms with Crippen LogP contribution in [0, 0.1) is 0 Å². The van der Waals surface area contributed by atoms with Crippen LogP contribution in [0.25, 0.3) is 0 Å². The molecule has 2 N–H and O–H groups in total. The minimum atomic E-state index is -0.971. The van der Waals surface area contributed by atoms with Crippen molar-refractivity contribution in [1.29, 1.82) is 0 Å². The van der Waals surface area contributed by atoms with Gasteiger partial charge in [-0.1, -0.05) is 12.1 Å². The summed E-state index contributed by atoms with van der Waals surface area (Å²) in [5.41, 5.74) is 0.983. The highest BCUT2D eigenvalue weighted by Crippen LogP contribution is 2.05. The van der Waals surface area contributed by atoms with Gasteiger partial charge in [-0.3, -0.25) is 0 Å². The first-order valence-corrected chi connectivity index (χ1v) is 6.36. The summed E-state index contributed by atoms with van der Waals surface area (Å²) in [5, 5.41) is 11.7. The Morgan fingerprint density at radius 2 is 1.90 bits per heavy atom. The van der Waals surface area contributed by atoms with Crippen molar-refractivity contribution < 1.29 is 14.7 Å². The van der Waals surface area contributed by atoms with Gasteiger partial charge in [-0.15, -0.1) is 0 Å². The molecule has 6 heteroatoms. The molecular formula is C14H21N3O3. The molecule has 1 rings (SSSR count). The van der Waals surface area contributed by atoms with Gasteiger partial charge in [0.2, 0.25) is 0 Å². The Morgan fingerprint density at radius 3 is 2.50 bits per heavy atom. The second kappa shape index (κ2) is 7.49. The zero-order valence-electron chi connectivity index (χ0n) is 12.1. The number of amides is 2. The van der Waals surface area contributed by atoms with Crippen molar-refractivity contribution in [3.05, 3.63) is 35.4 Å². The maximum atomic E-state index is 11.8. The van der Waals surface area contributed by atoms with Crippen molar-refractivity contribution in [3.63, 3.8) is 0 Å². The largest absolute Gasteiger partial charge is 0.478 e. The number of carboxylic acids is 1. The van der Waals surface area contributed by atoms with Crippen molar-refractivity contribution in [2.75, 3.05) is 34.2 Å². The zero-order chi connectivity index (χ0) is 15.1. The van der Waals surface area contributed by atoms with Crippen molar-refractivity contribution in [2.24, 2.45) is 0 Å². The van der Waals surface area contributed by atoms with E-state index in [4.69, 9.17) is 5.11 Å². The number of nitrogens with one attached hydrogen (secondary N) is 1. The van der Waals surface area contributed by atoms with Crippen LogP contribution >= 0.6 is 0 Å². The van der Waals surface area contributed by atoms with Gasteiger partial charge in [0, 0.05) is 26.7 Å². The van der Waals surface area contributed by atoms with Crippen LogP contribution in [-0.2, 0) is 6.54 Å². The van der Waals surface area contributed by atoms with Crippen LogP contribution in [-0.4, -0.2) is 61.1 Å². The van der Waals surface area contributed by atoms with Gasteiger partial charge in [0.1, 0.15) is 0 Å². The fourth-order valence-corrected chi connectivity index (χ4v) is 1.58. The Morgan fingerprint density at radius 1 is 1.20 bits per heavy atom. The normalized spacial score (nSPS) is 10.4. The molecule has 0 atom stereocenters. The lowest BCUT2D eigenvalue weighted by atomic mass is 10.1. The number of nitrogens with zero attached hydrogens (tertiary/aromatic N) is 2. The van der Waals surface area contributed by atoms with E-state index in [0.717, 1.165) is 12.1 Å². The van der Waals surface area contributed by atoms with E-state index in [9.17, 15) is 9.59 Å². The molecule has 0 heterocycles. The number of urea groups is 1. The summed E-state index contributed by atoms with van der Waals surface area (Å²) in [7, 11) is 5.62. The molecule has 0 aromatic heterocycles. The maximum Gasteiger partial charge on any atom is 0.335 e. The van der Waals surface area contributed by atoms with Gasteiger partial charge in [-0.05, 0) is 31.8 Å². The molecule has 0 radical (unpaired) electrons. The SMILES string of the molecule is CN(C)CCN(C)C(=O)NCc1cccc(C(=O)O)c1. The number of rotatable bonds is 6. The molecule has 0 spiro atoms. The number of benzene rings is 1. The van der Waals surface area contributed by atoms with E-state index < -0.39 is 5.97 Å². The Hall–Kier alpha value is -2.08. The van der Waals surface area contributed by atoms with Gasteiger partial charge in [0.25, 0.3) is 0 Å². The predicted molar refractivity (Wildman–Crippen MR) is 76.8 cm³/mol. The minimum Gasteiger partial charge on any atom is -0.478 e. The third-order valence-corrected chi connectivity index (χ3v) is 2.85. The molecule has 20 heavy (non-hydrogen) atoms. The molecule has 0 bridgehead atoms. The first-order chi connectivity index (χ1) is 9.40. The van der Waals surface area contributed by atoms with Crippen LogP contribution in [0.2, 0.25) is 0 Å². The Labute approximate surface area is 119 Å². The number of carboxylic acid groups (broad SMARTS) is 1. The van der Waals surface area contributed by atoms with Crippen molar-refractivity contribution in [3.8, 4) is 0 Å². The van der Waals surface area contributed by atoms with Crippen LogP contribution in [0.15, 0.2) is 24.3 Å². The minimum absolute atomic E-state index is 0.174. The van der Waals surface area contributed by atoms with E-state index >= 15 is 0 Å². The summed E-state index contributed by atoms with van der Waals surface area (Å²) >= 11 is 0. The summed E-state index contributed by atoms with van der Waals surface area (Å²) in [6.07, 6.45) is 0. The summed E-state index contributed by atoms with van der Waals surface area (Å²) in [5.74, 6) is -0.971. The molecule has 0 aliphatic carbocycles.